The Kier molecular flexibility index (Phi) is 2.86. The van der Waals surface area contributed by atoms with Gasteiger partial charge in [0.2, 0.25) is 0 Å². The fraction of sp³-hybridized carbons (Fsp3) is 0.200. The quantitative estimate of drug-likeness (QED) is 0.631. The van der Waals surface area contributed by atoms with Crippen LogP contribution in [0.3, 0.4) is 0 Å². The number of rotatable bonds is 1. The second kappa shape index (κ2) is 4.31. The van der Waals surface area contributed by atoms with Crippen LogP contribution in [0.2, 0.25) is 0 Å². The van der Waals surface area contributed by atoms with Crippen molar-refractivity contribution in [2.24, 2.45) is 0 Å². The third-order valence-corrected chi connectivity index (χ3v) is 2.90. The monoisotopic (exact) mass is 196 g/mol. The molecule has 0 amide bonds. The van der Waals surface area contributed by atoms with Crippen LogP contribution in [0.15, 0.2) is 48.6 Å². The molecule has 1 aromatic carbocycles. The van der Waals surface area contributed by atoms with Crippen LogP contribution in [0.4, 0.5) is 0 Å². The first-order valence-electron chi connectivity index (χ1n) is 5.39. The lowest BCUT2D eigenvalue weighted by Gasteiger charge is -2.08. The maximum absolute atomic E-state index is 2.21. The number of hydrogen-bond donors (Lipinski definition) is 0. The van der Waals surface area contributed by atoms with Crippen molar-refractivity contribution in [2.75, 3.05) is 0 Å². The van der Waals surface area contributed by atoms with Gasteiger partial charge in [0.25, 0.3) is 0 Å². The Morgan fingerprint density at radius 3 is 2.80 bits per heavy atom. The molecule has 0 atom stereocenters. The molecular formula is C15H16. The van der Waals surface area contributed by atoms with Gasteiger partial charge in [-0.1, -0.05) is 48.6 Å². The van der Waals surface area contributed by atoms with Crippen molar-refractivity contribution in [3.63, 3.8) is 0 Å². The maximum atomic E-state index is 2.21. The Morgan fingerprint density at radius 2 is 1.93 bits per heavy atom. The molecule has 0 heterocycles. The SMILES string of the molecule is Cc1cccc(C2=CC=CCC=C2)c1C. The molecular weight excluding hydrogens is 180 g/mol. The first kappa shape index (κ1) is 9.97. The van der Waals surface area contributed by atoms with Crippen molar-refractivity contribution < 1.29 is 0 Å². The fourth-order valence-corrected chi connectivity index (χ4v) is 1.82. The number of benzene rings is 1. The second-order valence-electron chi connectivity index (χ2n) is 3.94. The van der Waals surface area contributed by atoms with Gasteiger partial charge in [-0.15, -0.1) is 0 Å². The molecule has 76 valence electrons. The number of allylic oxidation sites excluding steroid dienone is 6. The van der Waals surface area contributed by atoms with Crippen molar-refractivity contribution in [2.45, 2.75) is 20.3 Å². The van der Waals surface area contributed by atoms with E-state index in [0.29, 0.717) is 0 Å². The molecule has 0 radical (unpaired) electrons. The van der Waals surface area contributed by atoms with E-state index in [1.165, 1.54) is 22.3 Å². The summed E-state index contributed by atoms with van der Waals surface area (Å²) in [6.45, 7) is 4.35. The lowest BCUT2D eigenvalue weighted by molar-refractivity contribution is 1.32. The number of hydrogen-bond acceptors (Lipinski definition) is 0. The third kappa shape index (κ3) is 2.10. The van der Waals surface area contributed by atoms with Crippen LogP contribution in [0, 0.1) is 13.8 Å². The molecule has 1 aliphatic rings. The largest absolute Gasteiger partial charge is 0.0807 e. The van der Waals surface area contributed by atoms with Crippen LogP contribution in [0.1, 0.15) is 23.1 Å². The van der Waals surface area contributed by atoms with Crippen molar-refractivity contribution in [3.05, 3.63) is 65.3 Å². The summed E-state index contributed by atoms with van der Waals surface area (Å²) in [7, 11) is 0. The smallest absolute Gasteiger partial charge is 0.0152 e. The average molecular weight is 196 g/mol. The summed E-state index contributed by atoms with van der Waals surface area (Å²) >= 11 is 0. The maximum Gasteiger partial charge on any atom is -0.0152 e. The molecule has 1 aliphatic carbocycles. The van der Waals surface area contributed by atoms with Crippen LogP contribution in [-0.4, -0.2) is 0 Å². The zero-order chi connectivity index (χ0) is 10.7. The van der Waals surface area contributed by atoms with Gasteiger partial charge in [0.05, 0.1) is 0 Å². The molecule has 15 heavy (non-hydrogen) atoms. The van der Waals surface area contributed by atoms with Crippen molar-refractivity contribution in [1.82, 2.24) is 0 Å². The van der Waals surface area contributed by atoms with Crippen LogP contribution in [0.25, 0.3) is 5.57 Å². The van der Waals surface area contributed by atoms with Gasteiger partial charge in [-0.25, -0.2) is 0 Å². The molecule has 0 saturated heterocycles. The minimum absolute atomic E-state index is 1.03. The third-order valence-electron chi connectivity index (χ3n) is 2.90. The van der Waals surface area contributed by atoms with Gasteiger partial charge < -0.3 is 0 Å². The topological polar surface area (TPSA) is 0 Å². The molecule has 0 N–H and O–H groups in total. The summed E-state index contributed by atoms with van der Waals surface area (Å²) in [6, 6.07) is 6.48. The van der Waals surface area contributed by atoms with Crippen molar-refractivity contribution in [1.29, 1.82) is 0 Å². The minimum atomic E-state index is 1.03. The zero-order valence-electron chi connectivity index (χ0n) is 9.33. The molecule has 1 aromatic rings. The molecule has 0 aliphatic heterocycles. The van der Waals surface area contributed by atoms with Gasteiger partial charge in [-0.2, -0.15) is 0 Å². The summed E-state index contributed by atoms with van der Waals surface area (Å²) in [6.07, 6.45) is 11.9. The van der Waals surface area contributed by atoms with E-state index in [-0.39, 0.29) is 0 Å². The first-order valence-corrected chi connectivity index (χ1v) is 5.39. The van der Waals surface area contributed by atoms with Crippen LogP contribution in [0.5, 0.6) is 0 Å². The molecule has 0 aromatic heterocycles. The Bertz CT molecular complexity index is 445. The minimum Gasteiger partial charge on any atom is -0.0807 e. The van der Waals surface area contributed by atoms with Crippen LogP contribution < -0.4 is 0 Å². The van der Waals surface area contributed by atoms with E-state index >= 15 is 0 Å². The average Bonchev–Trinajstić information content (AvgIpc) is 2.50. The second-order valence-corrected chi connectivity index (χ2v) is 3.94. The molecule has 0 nitrogen and oxygen atoms in total. The number of aryl methyl sites for hydroxylation is 1. The zero-order valence-corrected chi connectivity index (χ0v) is 9.33. The van der Waals surface area contributed by atoms with Gasteiger partial charge in [-0.05, 0) is 42.5 Å². The summed E-state index contributed by atoms with van der Waals surface area (Å²) in [5, 5.41) is 0. The van der Waals surface area contributed by atoms with E-state index in [0.717, 1.165) is 6.42 Å². The molecule has 0 fully saturated rings. The van der Waals surface area contributed by atoms with Gasteiger partial charge in [0, 0.05) is 0 Å². The first-order chi connectivity index (χ1) is 7.29. The lowest BCUT2D eigenvalue weighted by Crippen LogP contribution is -1.89. The summed E-state index contributed by atoms with van der Waals surface area (Å²) in [5.41, 5.74) is 5.39. The van der Waals surface area contributed by atoms with E-state index in [2.05, 4.69) is 62.4 Å². The molecule has 0 heteroatoms. The van der Waals surface area contributed by atoms with E-state index in [9.17, 15) is 0 Å². The van der Waals surface area contributed by atoms with Crippen LogP contribution in [-0.2, 0) is 0 Å². The highest BCUT2D eigenvalue weighted by Crippen LogP contribution is 2.23. The van der Waals surface area contributed by atoms with E-state index in [1.807, 2.05) is 0 Å². The van der Waals surface area contributed by atoms with E-state index in [1.54, 1.807) is 0 Å². The Balaban J connectivity index is 2.49. The van der Waals surface area contributed by atoms with Crippen molar-refractivity contribution >= 4 is 5.57 Å². The van der Waals surface area contributed by atoms with Gasteiger partial charge in [-0.3, -0.25) is 0 Å². The normalized spacial score (nSPS) is 14.9. The van der Waals surface area contributed by atoms with Crippen molar-refractivity contribution in [3.8, 4) is 0 Å². The Morgan fingerprint density at radius 1 is 1.07 bits per heavy atom. The highest BCUT2D eigenvalue weighted by Gasteiger charge is 2.03. The van der Waals surface area contributed by atoms with E-state index < -0.39 is 0 Å². The van der Waals surface area contributed by atoms with Gasteiger partial charge >= 0.3 is 0 Å². The highest BCUT2D eigenvalue weighted by molar-refractivity contribution is 5.78. The summed E-state index contributed by atoms with van der Waals surface area (Å²) in [4.78, 5) is 0. The molecule has 2 rings (SSSR count). The van der Waals surface area contributed by atoms with Crippen LogP contribution >= 0.6 is 0 Å². The highest BCUT2D eigenvalue weighted by atomic mass is 14.1. The summed E-state index contributed by atoms with van der Waals surface area (Å²) < 4.78 is 0. The predicted molar refractivity (Wildman–Crippen MR) is 66.8 cm³/mol. The molecule has 0 bridgehead atoms. The fourth-order valence-electron chi connectivity index (χ4n) is 1.82. The molecule has 0 unspecified atom stereocenters. The summed E-state index contributed by atoms with van der Waals surface area (Å²) in [5.74, 6) is 0. The molecule has 0 saturated carbocycles. The Labute approximate surface area is 91.6 Å². The molecule has 0 spiro atoms. The Hall–Kier alpha value is -1.56. The van der Waals surface area contributed by atoms with Gasteiger partial charge in [0.15, 0.2) is 0 Å². The standard InChI is InChI=1S/C15H16/c1-12-8-7-11-15(13(12)2)14-9-5-3-4-6-10-14/h3,5-11H,4H2,1-2H3. The predicted octanol–water partition coefficient (Wildman–Crippen LogP) is 4.20. The van der Waals surface area contributed by atoms with E-state index in [4.69, 9.17) is 0 Å². The lowest BCUT2D eigenvalue weighted by atomic mass is 9.96. The van der Waals surface area contributed by atoms with Gasteiger partial charge in [0.1, 0.15) is 0 Å².